The first kappa shape index (κ1) is 17.1. The molecule has 1 amide bonds. The van der Waals surface area contributed by atoms with Crippen LogP contribution in [0.3, 0.4) is 0 Å². The van der Waals surface area contributed by atoms with Crippen LogP contribution in [0.2, 0.25) is 0 Å². The van der Waals surface area contributed by atoms with E-state index >= 15 is 0 Å². The Morgan fingerprint density at radius 1 is 1.24 bits per heavy atom. The van der Waals surface area contributed by atoms with Gasteiger partial charge >= 0.3 is 6.18 Å². The van der Waals surface area contributed by atoms with Gasteiger partial charge in [-0.1, -0.05) is 0 Å². The van der Waals surface area contributed by atoms with Crippen LogP contribution in [0.15, 0.2) is 41.3 Å². The monoisotopic (exact) mass is 352 g/mol. The lowest BCUT2D eigenvalue weighted by Crippen LogP contribution is -2.21. The van der Waals surface area contributed by atoms with E-state index in [-0.39, 0.29) is 5.56 Å². The number of aromatic nitrogens is 1. The van der Waals surface area contributed by atoms with Crippen molar-refractivity contribution in [3.05, 3.63) is 58.0 Å². The van der Waals surface area contributed by atoms with Gasteiger partial charge < -0.3 is 15.0 Å². The van der Waals surface area contributed by atoms with Crippen molar-refractivity contribution < 1.29 is 22.7 Å². The van der Waals surface area contributed by atoms with Crippen molar-refractivity contribution in [1.82, 2.24) is 4.98 Å². The average molecular weight is 352 g/mol. The maximum Gasteiger partial charge on any atom is 0.417 e. The Morgan fingerprint density at radius 2 is 1.92 bits per heavy atom. The summed E-state index contributed by atoms with van der Waals surface area (Å²) in [6, 6.07) is 6.78. The molecular weight excluding hydrogens is 337 g/mol. The summed E-state index contributed by atoms with van der Waals surface area (Å²) >= 11 is 0. The van der Waals surface area contributed by atoms with E-state index in [9.17, 15) is 22.8 Å². The first-order valence-electron chi connectivity index (χ1n) is 7.67. The van der Waals surface area contributed by atoms with Crippen LogP contribution in [0.4, 0.5) is 18.9 Å². The number of anilines is 1. The summed E-state index contributed by atoms with van der Waals surface area (Å²) in [5.74, 6) is 0.523. The number of alkyl halides is 3. The van der Waals surface area contributed by atoms with Crippen LogP contribution in [0.25, 0.3) is 0 Å². The number of amides is 1. The molecule has 1 aliphatic rings. The Bertz CT molecular complexity index is 824. The summed E-state index contributed by atoms with van der Waals surface area (Å²) < 4.78 is 43.6. The van der Waals surface area contributed by atoms with Gasteiger partial charge in [0.1, 0.15) is 11.4 Å². The van der Waals surface area contributed by atoms with E-state index in [1.165, 1.54) is 12.1 Å². The van der Waals surface area contributed by atoms with E-state index < -0.39 is 28.9 Å². The maximum absolute atomic E-state index is 12.7. The molecule has 1 aromatic heterocycles. The van der Waals surface area contributed by atoms with Crippen LogP contribution < -0.4 is 15.6 Å². The molecule has 1 fully saturated rings. The van der Waals surface area contributed by atoms with E-state index in [0.717, 1.165) is 12.8 Å². The lowest BCUT2D eigenvalue weighted by Gasteiger charge is -2.10. The van der Waals surface area contributed by atoms with Crippen LogP contribution in [-0.4, -0.2) is 17.5 Å². The van der Waals surface area contributed by atoms with E-state index in [1.807, 2.05) is 4.98 Å². The zero-order chi connectivity index (χ0) is 18.0. The Kier molecular flexibility index (Phi) is 4.52. The van der Waals surface area contributed by atoms with Crippen molar-refractivity contribution in [1.29, 1.82) is 0 Å². The molecule has 0 bridgehead atoms. The largest absolute Gasteiger partial charge is 0.493 e. The second-order valence-corrected chi connectivity index (χ2v) is 5.86. The predicted molar refractivity (Wildman–Crippen MR) is 84.7 cm³/mol. The average Bonchev–Trinajstić information content (AvgIpc) is 3.38. The van der Waals surface area contributed by atoms with Crippen LogP contribution in [0.5, 0.6) is 5.75 Å². The first-order valence-corrected chi connectivity index (χ1v) is 7.67. The molecule has 0 unspecified atom stereocenters. The number of pyridine rings is 1. The van der Waals surface area contributed by atoms with Crippen molar-refractivity contribution in [3.63, 3.8) is 0 Å². The summed E-state index contributed by atoms with van der Waals surface area (Å²) in [5.41, 5.74) is -2.12. The van der Waals surface area contributed by atoms with Gasteiger partial charge in [-0.2, -0.15) is 13.2 Å². The highest BCUT2D eigenvalue weighted by Crippen LogP contribution is 2.30. The molecule has 1 aliphatic carbocycles. The summed E-state index contributed by atoms with van der Waals surface area (Å²) in [7, 11) is 0. The van der Waals surface area contributed by atoms with Crippen LogP contribution >= 0.6 is 0 Å². The molecule has 2 N–H and O–H groups in total. The third-order valence-corrected chi connectivity index (χ3v) is 3.78. The lowest BCUT2D eigenvalue weighted by atomic mass is 10.2. The number of benzene rings is 1. The van der Waals surface area contributed by atoms with Gasteiger partial charge in [0.05, 0.1) is 12.2 Å². The molecule has 1 saturated carbocycles. The highest BCUT2D eigenvalue weighted by atomic mass is 19.4. The van der Waals surface area contributed by atoms with Crippen LogP contribution in [0.1, 0.15) is 28.8 Å². The molecule has 0 saturated heterocycles. The Balaban J connectivity index is 1.70. The summed E-state index contributed by atoms with van der Waals surface area (Å²) in [6.45, 7) is 0.630. The van der Waals surface area contributed by atoms with Crippen molar-refractivity contribution in [2.24, 2.45) is 5.92 Å². The summed E-state index contributed by atoms with van der Waals surface area (Å²) in [4.78, 5) is 25.7. The molecule has 0 spiro atoms. The van der Waals surface area contributed by atoms with Crippen molar-refractivity contribution in [2.75, 3.05) is 11.9 Å². The minimum Gasteiger partial charge on any atom is -0.493 e. The fourth-order valence-electron chi connectivity index (χ4n) is 2.14. The lowest BCUT2D eigenvalue weighted by molar-refractivity contribution is -0.137. The SMILES string of the molecule is O=C(Nc1cc(C(F)(F)F)c[nH]c1=O)c1ccc(OCC2CC2)cc1. The number of halogens is 3. The van der Waals surface area contributed by atoms with E-state index in [4.69, 9.17) is 4.74 Å². The molecule has 1 aromatic carbocycles. The fourth-order valence-corrected chi connectivity index (χ4v) is 2.14. The smallest absolute Gasteiger partial charge is 0.417 e. The number of ether oxygens (including phenoxy) is 1. The van der Waals surface area contributed by atoms with E-state index in [0.29, 0.717) is 30.5 Å². The third-order valence-electron chi connectivity index (χ3n) is 3.78. The predicted octanol–water partition coefficient (Wildman–Crippen LogP) is 3.43. The number of carbonyl (C=O) groups excluding carboxylic acids is 1. The first-order chi connectivity index (χ1) is 11.8. The highest BCUT2D eigenvalue weighted by Gasteiger charge is 2.31. The zero-order valence-electron chi connectivity index (χ0n) is 13.0. The summed E-state index contributed by atoms with van der Waals surface area (Å²) in [6.07, 6.45) is -1.74. The molecule has 5 nitrogen and oxygen atoms in total. The molecule has 0 atom stereocenters. The maximum atomic E-state index is 12.7. The number of rotatable bonds is 5. The Morgan fingerprint density at radius 3 is 2.52 bits per heavy atom. The molecule has 3 rings (SSSR count). The standard InChI is InChI=1S/C17H15F3N2O3/c18-17(19,20)12-7-14(16(24)21-8-12)22-15(23)11-3-5-13(6-4-11)25-9-10-1-2-10/h3-8,10H,1-2,9H2,(H,21,24)(H,22,23). The quantitative estimate of drug-likeness (QED) is 0.866. The van der Waals surface area contributed by atoms with Gasteiger partial charge in [-0.15, -0.1) is 0 Å². The molecule has 2 aromatic rings. The second kappa shape index (κ2) is 6.62. The number of hydrogen-bond acceptors (Lipinski definition) is 3. The number of H-pyrrole nitrogens is 1. The molecule has 8 heteroatoms. The normalized spacial score (nSPS) is 14.2. The minimum atomic E-state index is -4.62. The molecule has 0 radical (unpaired) electrons. The second-order valence-electron chi connectivity index (χ2n) is 5.86. The fraction of sp³-hybridized carbons (Fsp3) is 0.294. The number of hydrogen-bond donors (Lipinski definition) is 2. The van der Waals surface area contributed by atoms with E-state index in [1.54, 1.807) is 12.1 Å². The van der Waals surface area contributed by atoms with Crippen molar-refractivity contribution in [2.45, 2.75) is 19.0 Å². The number of aromatic amines is 1. The van der Waals surface area contributed by atoms with Gasteiger partial charge in [0.15, 0.2) is 0 Å². The van der Waals surface area contributed by atoms with Crippen LogP contribution in [-0.2, 0) is 6.18 Å². The summed E-state index contributed by atoms with van der Waals surface area (Å²) in [5, 5.41) is 2.20. The van der Waals surface area contributed by atoms with Gasteiger partial charge in [-0.05, 0) is 49.1 Å². The molecule has 25 heavy (non-hydrogen) atoms. The van der Waals surface area contributed by atoms with Gasteiger partial charge in [0.25, 0.3) is 11.5 Å². The zero-order valence-corrected chi connectivity index (χ0v) is 13.0. The number of carbonyl (C=O) groups is 1. The van der Waals surface area contributed by atoms with Gasteiger partial charge in [0.2, 0.25) is 0 Å². The van der Waals surface area contributed by atoms with Crippen LogP contribution in [0, 0.1) is 5.92 Å². The van der Waals surface area contributed by atoms with E-state index in [2.05, 4.69) is 5.32 Å². The topological polar surface area (TPSA) is 71.2 Å². The third kappa shape index (κ3) is 4.40. The van der Waals surface area contributed by atoms with Gasteiger partial charge in [0, 0.05) is 11.8 Å². The highest BCUT2D eigenvalue weighted by molar-refractivity contribution is 6.04. The van der Waals surface area contributed by atoms with Gasteiger partial charge in [-0.25, -0.2) is 0 Å². The number of nitrogens with one attached hydrogen (secondary N) is 2. The minimum absolute atomic E-state index is 0.204. The molecule has 132 valence electrons. The van der Waals surface area contributed by atoms with Crippen molar-refractivity contribution in [3.8, 4) is 5.75 Å². The Labute approximate surface area is 140 Å². The Hall–Kier alpha value is -2.77. The molecule has 1 heterocycles. The van der Waals surface area contributed by atoms with Crippen molar-refractivity contribution >= 4 is 11.6 Å². The van der Waals surface area contributed by atoms with Gasteiger partial charge in [-0.3, -0.25) is 9.59 Å². The molecular formula is C17H15F3N2O3. The molecule has 0 aliphatic heterocycles.